The molecule has 0 N–H and O–H groups in total. The summed E-state index contributed by atoms with van der Waals surface area (Å²) in [5.41, 5.74) is 1.71. The number of hydrogen-bond donors (Lipinski definition) is 0. The van der Waals surface area contributed by atoms with Crippen molar-refractivity contribution < 1.29 is 13.2 Å². The molecular weight excluding hydrogens is 374 g/mol. The number of carbonyl (C=O) groups is 1. The summed E-state index contributed by atoms with van der Waals surface area (Å²) in [6, 6.07) is 13.7. The normalized spacial score (nSPS) is 15.2. The van der Waals surface area contributed by atoms with E-state index in [1.807, 2.05) is 24.3 Å². The summed E-state index contributed by atoms with van der Waals surface area (Å²) in [4.78, 5) is 18.5. The molecule has 2 heterocycles. The van der Waals surface area contributed by atoms with Crippen LogP contribution in [0.25, 0.3) is 11.0 Å². The van der Waals surface area contributed by atoms with E-state index in [0.717, 1.165) is 11.0 Å². The lowest BCUT2D eigenvalue weighted by atomic mass is 10.2. The third kappa shape index (κ3) is 2.97. The number of nitrogens with zero attached hydrogens (tertiary/aromatic N) is 3. The van der Waals surface area contributed by atoms with E-state index >= 15 is 0 Å². The van der Waals surface area contributed by atoms with Gasteiger partial charge in [0.05, 0.1) is 22.3 Å². The molecule has 8 heteroatoms. The van der Waals surface area contributed by atoms with Crippen molar-refractivity contribution in [2.45, 2.75) is 16.7 Å². The molecule has 0 radical (unpaired) electrons. The molecule has 1 fully saturated rings. The van der Waals surface area contributed by atoms with Crippen molar-refractivity contribution in [1.29, 1.82) is 0 Å². The summed E-state index contributed by atoms with van der Waals surface area (Å²) in [5.74, 6) is -0.115. The molecule has 1 amide bonds. The van der Waals surface area contributed by atoms with Crippen LogP contribution in [0.5, 0.6) is 0 Å². The molecular formula is C18H16ClN3O3S. The number of likely N-dealkylation sites (tertiary alicyclic amines) is 1. The Morgan fingerprint density at radius 2 is 1.81 bits per heavy atom. The van der Waals surface area contributed by atoms with Gasteiger partial charge in [-0.05, 0) is 36.4 Å². The Morgan fingerprint density at radius 3 is 2.54 bits per heavy atom. The van der Waals surface area contributed by atoms with Gasteiger partial charge in [-0.15, -0.1) is 0 Å². The fourth-order valence-electron chi connectivity index (χ4n) is 3.04. The lowest BCUT2D eigenvalue weighted by Gasteiger charge is -2.38. The number of sulfone groups is 1. The molecule has 0 aliphatic carbocycles. The van der Waals surface area contributed by atoms with Gasteiger partial charge in [0, 0.05) is 18.1 Å². The lowest BCUT2D eigenvalue weighted by molar-refractivity contribution is -0.134. The zero-order valence-corrected chi connectivity index (χ0v) is 15.3. The Labute approximate surface area is 155 Å². The van der Waals surface area contributed by atoms with Crippen molar-refractivity contribution in [3.63, 3.8) is 0 Å². The van der Waals surface area contributed by atoms with Crippen LogP contribution in [0.4, 0.5) is 0 Å². The van der Waals surface area contributed by atoms with Crippen molar-refractivity contribution in [1.82, 2.24) is 14.5 Å². The topological polar surface area (TPSA) is 72.3 Å². The Kier molecular flexibility index (Phi) is 4.20. The minimum Gasteiger partial charge on any atom is -0.338 e. The molecule has 3 aromatic rings. The molecule has 1 saturated heterocycles. The SMILES string of the molecule is O=C(Cn1cnc2ccccc21)N1CC(S(=O)(=O)c2ccc(Cl)cc2)C1. The van der Waals surface area contributed by atoms with Crippen LogP contribution in [0.2, 0.25) is 5.02 Å². The van der Waals surface area contributed by atoms with Gasteiger partial charge >= 0.3 is 0 Å². The van der Waals surface area contributed by atoms with Gasteiger partial charge in [0.15, 0.2) is 9.84 Å². The van der Waals surface area contributed by atoms with Crippen LogP contribution in [0, 0.1) is 0 Å². The number of hydrogen-bond acceptors (Lipinski definition) is 4. The number of amides is 1. The highest BCUT2D eigenvalue weighted by atomic mass is 35.5. The largest absolute Gasteiger partial charge is 0.338 e. The predicted molar refractivity (Wildman–Crippen MR) is 98.7 cm³/mol. The first-order valence-electron chi connectivity index (χ1n) is 8.12. The van der Waals surface area contributed by atoms with Crippen LogP contribution < -0.4 is 0 Å². The molecule has 0 saturated carbocycles. The fraction of sp³-hybridized carbons (Fsp3) is 0.222. The molecule has 134 valence electrons. The molecule has 26 heavy (non-hydrogen) atoms. The highest BCUT2D eigenvalue weighted by Crippen LogP contribution is 2.25. The molecule has 1 aliphatic rings. The van der Waals surface area contributed by atoms with Crippen LogP contribution in [0.1, 0.15) is 0 Å². The van der Waals surface area contributed by atoms with E-state index in [-0.39, 0.29) is 30.4 Å². The lowest BCUT2D eigenvalue weighted by Crippen LogP contribution is -2.57. The second-order valence-corrected chi connectivity index (χ2v) is 8.95. The number of benzene rings is 2. The minimum atomic E-state index is -3.45. The molecule has 1 aliphatic heterocycles. The highest BCUT2D eigenvalue weighted by molar-refractivity contribution is 7.92. The zero-order chi connectivity index (χ0) is 18.3. The first-order chi connectivity index (χ1) is 12.4. The number of rotatable bonds is 4. The van der Waals surface area contributed by atoms with E-state index in [1.54, 1.807) is 27.9 Å². The third-order valence-corrected chi connectivity index (χ3v) is 6.97. The fourth-order valence-corrected chi connectivity index (χ4v) is 4.82. The van der Waals surface area contributed by atoms with Crippen molar-refractivity contribution in [2.75, 3.05) is 13.1 Å². The minimum absolute atomic E-state index is 0.115. The number of aromatic nitrogens is 2. The van der Waals surface area contributed by atoms with Gasteiger partial charge in [-0.3, -0.25) is 4.79 Å². The average Bonchev–Trinajstić information content (AvgIpc) is 2.97. The zero-order valence-electron chi connectivity index (χ0n) is 13.7. The maximum Gasteiger partial charge on any atom is 0.242 e. The summed E-state index contributed by atoms with van der Waals surface area (Å²) in [7, 11) is -3.45. The standard InChI is InChI=1S/C18H16ClN3O3S/c19-13-5-7-14(8-6-13)26(24,25)15-9-21(10-15)18(23)11-22-12-20-16-3-1-2-4-17(16)22/h1-8,12,15H,9-11H2. The monoisotopic (exact) mass is 389 g/mol. The average molecular weight is 390 g/mol. The summed E-state index contributed by atoms with van der Waals surface area (Å²) in [6.07, 6.45) is 1.63. The summed E-state index contributed by atoms with van der Waals surface area (Å²) < 4.78 is 27.0. The van der Waals surface area contributed by atoms with E-state index < -0.39 is 15.1 Å². The van der Waals surface area contributed by atoms with Crippen LogP contribution in [-0.4, -0.2) is 47.1 Å². The van der Waals surface area contributed by atoms with Crippen LogP contribution in [0.15, 0.2) is 59.8 Å². The summed E-state index contributed by atoms with van der Waals surface area (Å²) >= 11 is 5.81. The van der Waals surface area contributed by atoms with Gasteiger partial charge in [0.2, 0.25) is 5.91 Å². The van der Waals surface area contributed by atoms with Gasteiger partial charge in [-0.2, -0.15) is 0 Å². The van der Waals surface area contributed by atoms with E-state index in [1.165, 1.54) is 12.1 Å². The highest BCUT2D eigenvalue weighted by Gasteiger charge is 2.40. The molecule has 1 aromatic heterocycles. The van der Waals surface area contributed by atoms with Gasteiger partial charge in [0.1, 0.15) is 11.8 Å². The second-order valence-electron chi connectivity index (χ2n) is 6.28. The van der Waals surface area contributed by atoms with Gasteiger partial charge in [-0.1, -0.05) is 23.7 Å². The quantitative estimate of drug-likeness (QED) is 0.686. The molecule has 0 spiro atoms. The molecule has 6 nitrogen and oxygen atoms in total. The third-order valence-electron chi connectivity index (χ3n) is 4.61. The van der Waals surface area contributed by atoms with E-state index in [4.69, 9.17) is 11.6 Å². The maximum absolute atomic E-state index is 12.6. The Hall–Kier alpha value is -2.38. The number of carbonyl (C=O) groups excluding carboxylic acids is 1. The Bertz CT molecular complexity index is 1070. The summed E-state index contributed by atoms with van der Waals surface area (Å²) in [5, 5.41) is -0.0888. The van der Waals surface area contributed by atoms with Crippen LogP contribution >= 0.6 is 11.6 Å². The van der Waals surface area contributed by atoms with E-state index in [0.29, 0.717) is 5.02 Å². The molecule has 0 unspecified atom stereocenters. The van der Waals surface area contributed by atoms with Gasteiger partial charge in [0.25, 0.3) is 0 Å². The molecule has 0 bridgehead atoms. The first kappa shape index (κ1) is 17.1. The number of halogens is 1. The number of fused-ring (bicyclic) bond motifs is 1. The van der Waals surface area contributed by atoms with Crippen molar-refractivity contribution >= 4 is 38.4 Å². The smallest absolute Gasteiger partial charge is 0.242 e. The van der Waals surface area contributed by atoms with Crippen molar-refractivity contribution in [3.05, 3.63) is 59.9 Å². The van der Waals surface area contributed by atoms with Gasteiger partial charge < -0.3 is 9.47 Å². The second kappa shape index (κ2) is 6.41. The first-order valence-corrected chi connectivity index (χ1v) is 10.0. The Morgan fingerprint density at radius 1 is 1.12 bits per heavy atom. The van der Waals surface area contributed by atoms with Crippen molar-refractivity contribution in [2.24, 2.45) is 0 Å². The van der Waals surface area contributed by atoms with Crippen LogP contribution in [-0.2, 0) is 21.2 Å². The number of imidazole rings is 1. The van der Waals surface area contributed by atoms with E-state index in [2.05, 4.69) is 4.98 Å². The Balaban J connectivity index is 1.42. The van der Waals surface area contributed by atoms with Crippen LogP contribution in [0.3, 0.4) is 0 Å². The van der Waals surface area contributed by atoms with Gasteiger partial charge in [-0.25, -0.2) is 13.4 Å². The predicted octanol–water partition coefficient (Wildman–Crippen LogP) is 2.37. The van der Waals surface area contributed by atoms with Crippen molar-refractivity contribution in [3.8, 4) is 0 Å². The number of para-hydroxylation sites is 2. The maximum atomic E-state index is 12.6. The van der Waals surface area contributed by atoms with E-state index in [9.17, 15) is 13.2 Å². The molecule has 0 atom stereocenters. The molecule has 4 rings (SSSR count). The summed E-state index contributed by atoms with van der Waals surface area (Å²) in [6.45, 7) is 0.557. The molecule has 2 aromatic carbocycles.